The molecule has 0 bridgehead atoms. The molecule has 0 amide bonds. The van der Waals surface area contributed by atoms with E-state index in [2.05, 4.69) is 15.6 Å². The molecule has 1 rings (SSSR count). The number of aliphatic imine (C=N–C) groups is 1. The second-order valence-electron chi connectivity index (χ2n) is 3.48. The Balaban J connectivity index is 2.26. The summed E-state index contributed by atoms with van der Waals surface area (Å²) in [6.07, 6.45) is 1.82. The average molecular weight is 223 g/mol. The van der Waals surface area contributed by atoms with Crippen molar-refractivity contribution in [2.75, 3.05) is 20.6 Å². The van der Waals surface area contributed by atoms with Crippen molar-refractivity contribution < 1.29 is 4.39 Å². The third-order valence-corrected chi connectivity index (χ3v) is 2.28. The summed E-state index contributed by atoms with van der Waals surface area (Å²) in [5, 5.41) is 6.09. The van der Waals surface area contributed by atoms with Gasteiger partial charge >= 0.3 is 0 Å². The molecule has 0 spiro atoms. The van der Waals surface area contributed by atoms with E-state index in [9.17, 15) is 4.39 Å². The number of nitrogens with one attached hydrogen (secondary N) is 2. The fraction of sp³-hybridized carbons (Fsp3) is 0.417. The molecule has 0 fully saturated rings. The van der Waals surface area contributed by atoms with E-state index in [4.69, 9.17) is 0 Å². The van der Waals surface area contributed by atoms with Gasteiger partial charge in [-0.25, -0.2) is 4.39 Å². The molecule has 0 unspecified atom stereocenters. The lowest BCUT2D eigenvalue weighted by molar-refractivity contribution is 0.624. The normalized spacial score (nSPS) is 11.3. The van der Waals surface area contributed by atoms with Gasteiger partial charge in [0.05, 0.1) is 0 Å². The van der Waals surface area contributed by atoms with Crippen molar-refractivity contribution in [1.82, 2.24) is 10.6 Å². The summed E-state index contributed by atoms with van der Waals surface area (Å²) in [6.45, 7) is 0.823. The van der Waals surface area contributed by atoms with Gasteiger partial charge in [0.1, 0.15) is 5.82 Å². The summed E-state index contributed by atoms with van der Waals surface area (Å²) in [5.74, 6) is 0.607. The number of halogens is 1. The lowest BCUT2D eigenvalue weighted by atomic mass is 10.1. The predicted octanol–water partition coefficient (Wildman–Crippen LogP) is 1.55. The molecule has 88 valence electrons. The smallest absolute Gasteiger partial charge is 0.190 e. The number of guanidine groups is 1. The highest BCUT2D eigenvalue weighted by Gasteiger charge is 1.96. The molecule has 1 aromatic carbocycles. The van der Waals surface area contributed by atoms with Crippen LogP contribution in [0.15, 0.2) is 29.3 Å². The second-order valence-corrected chi connectivity index (χ2v) is 3.48. The Morgan fingerprint density at radius 3 is 2.88 bits per heavy atom. The number of rotatable bonds is 4. The van der Waals surface area contributed by atoms with Gasteiger partial charge in [-0.1, -0.05) is 12.1 Å². The third kappa shape index (κ3) is 4.29. The molecule has 0 aliphatic rings. The SMILES string of the molecule is CN=C(NC)NCCCc1cccc(F)c1. The zero-order valence-electron chi connectivity index (χ0n) is 9.76. The van der Waals surface area contributed by atoms with Crippen molar-refractivity contribution in [1.29, 1.82) is 0 Å². The number of benzene rings is 1. The first-order chi connectivity index (χ1) is 7.76. The largest absolute Gasteiger partial charge is 0.359 e. The molecule has 0 aliphatic carbocycles. The van der Waals surface area contributed by atoms with Gasteiger partial charge in [0.25, 0.3) is 0 Å². The van der Waals surface area contributed by atoms with Gasteiger partial charge in [-0.3, -0.25) is 4.99 Å². The first-order valence-electron chi connectivity index (χ1n) is 5.39. The van der Waals surface area contributed by atoms with E-state index >= 15 is 0 Å². The maximum absolute atomic E-state index is 12.9. The zero-order chi connectivity index (χ0) is 11.8. The summed E-state index contributed by atoms with van der Waals surface area (Å²) < 4.78 is 12.9. The Bertz CT molecular complexity index is 350. The highest BCUT2D eigenvalue weighted by Crippen LogP contribution is 2.05. The fourth-order valence-electron chi connectivity index (χ4n) is 1.47. The van der Waals surface area contributed by atoms with Crippen LogP contribution >= 0.6 is 0 Å². The average Bonchev–Trinajstić information content (AvgIpc) is 2.29. The summed E-state index contributed by atoms with van der Waals surface area (Å²) >= 11 is 0. The van der Waals surface area contributed by atoms with E-state index in [0.29, 0.717) is 0 Å². The lowest BCUT2D eigenvalue weighted by Gasteiger charge is -2.08. The molecular weight excluding hydrogens is 205 g/mol. The Labute approximate surface area is 95.8 Å². The molecule has 4 heteroatoms. The lowest BCUT2D eigenvalue weighted by Crippen LogP contribution is -2.35. The van der Waals surface area contributed by atoms with Gasteiger partial charge in [0, 0.05) is 20.6 Å². The predicted molar refractivity (Wildman–Crippen MR) is 65.1 cm³/mol. The van der Waals surface area contributed by atoms with Crippen molar-refractivity contribution >= 4 is 5.96 Å². The summed E-state index contributed by atoms with van der Waals surface area (Å²) in [7, 11) is 3.55. The van der Waals surface area contributed by atoms with Gasteiger partial charge < -0.3 is 10.6 Å². The van der Waals surface area contributed by atoms with E-state index in [1.54, 1.807) is 19.2 Å². The highest BCUT2D eigenvalue weighted by molar-refractivity contribution is 5.79. The van der Waals surface area contributed by atoms with Crippen molar-refractivity contribution in [2.24, 2.45) is 4.99 Å². The zero-order valence-corrected chi connectivity index (χ0v) is 9.76. The fourth-order valence-corrected chi connectivity index (χ4v) is 1.47. The monoisotopic (exact) mass is 223 g/mol. The Morgan fingerprint density at radius 2 is 2.25 bits per heavy atom. The number of aryl methyl sites for hydroxylation is 1. The van der Waals surface area contributed by atoms with E-state index in [1.165, 1.54) is 6.07 Å². The van der Waals surface area contributed by atoms with Gasteiger partial charge in [0.15, 0.2) is 5.96 Å². The van der Waals surface area contributed by atoms with Gasteiger partial charge in [0.2, 0.25) is 0 Å². The first-order valence-corrected chi connectivity index (χ1v) is 5.39. The van der Waals surface area contributed by atoms with E-state index in [-0.39, 0.29) is 5.82 Å². The number of nitrogens with zero attached hydrogens (tertiary/aromatic N) is 1. The Hall–Kier alpha value is -1.58. The van der Waals surface area contributed by atoms with Crippen LogP contribution in [-0.4, -0.2) is 26.6 Å². The molecule has 0 aliphatic heterocycles. The quantitative estimate of drug-likeness (QED) is 0.461. The van der Waals surface area contributed by atoms with Crippen LogP contribution in [0.2, 0.25) is 0 Å². The number of hydrogen-bond donors (Lipinski definition) is 2. The minimum absolute atomic E-state index is 0.170. The molecular formula is C12H18FN3. The summed E-state index contributed by atoms with van der Waals surface area (Å²) in [5.41, 5.74) is 1.03. The maximum Gasteiger partial charge on any atom is 0.190 e. The van der Waals surface area contributed by atoms with Crippen molar-refractivity contribution in [3.63, 3.8) is 0 Å². The maximum atomic E-state index is 12.9. The van der Waals surface area contributed by atoms with Gasteiger partial charge in [-0.15, -0.1) is 0 Å². The second kappa shape index (κ2) is 6.82. The topological polar surface area (TPSA) is 36.4 Å². The first kappa shape index (κ1) is 12.5. The molecule has 2 N–H and O–H groups in total. The van der Waals surface area contributed by atoms with Crippen molar-refractivity contribution in [3.8, 4) is 0 Å². The van der Waals surface area contributed by atoms with Crippen LogP contribution in [-0.2, 0) is 6.42 Å². The van der Waals surface area contributed by atoms with Crippen LogP contribution in [0.1, 0.15) is 12.0 Å². The minimum atomic E-state index is -0.170. The van der Waals surface area contributed by atoms with Crippen LogP contribution < -0.4 is 10.6 Å². The molecule has 0 aromatic heterocycles. The van der Waals surface area contributed by atoms with Crippen LogP contribution in [0.5, 0.6) is 0 Å². The highest BCUT2D eigenvalue weighted by atomic mass is 19.1. The van der Waals surface area contributed by atoms with Gasteiger partial charge in [-0.2, -0.15) is 0 Å². The molecule has 0 heterocycles. The molecule has 3 nitrogen and oxygen atoms in total. The molecule has 0 saturated heterocycles. The Kier molecular flexibility index (Phi) is 5.32. The van der Waals surface area contributed by atoms with E-state index in [0.717, 1.165) is 30.9 Å². The Morgan fingerprint density at radius 1 is 1.44 bits per heavy atom. The van der Waals surface area contributed by atoms with Crippen molar-refractivity contribution in [2.45, 2.75) is 12.8 Å². The number of hydrogen-bond acceptors (Lipinski definition) is 1. The molecule has 0 saturated carbocycles. The molecule has 0 atom stereocenters. The van der Waals surface area contributed by atoms with Crippen LogP contribution in [0, 0.1) is 5.82 Å². The van der Waals surface area contributed by atoms with Crippen LogP contribution in [0.25, 0.3) is 0 Å². The van der Waals surface area contributed by atoms with Gasteiger partial charge in [-0.05, 0) is 30.5 Å². The van der Waals surface area contributed by atoms with E-state index in [1.807, 2.05) is 13.1 Å². The molecule has 0 radical (unpaired) electrons. The molecule has 16 heavy (non-hydrogen) atoms. The van der Waals surface area contributed by atoms with Crippen LogP contribution in [0.4, 0.5) is 4.39 Å². The summed E-state index contributed by atoms with van der Waals surface area (Å²) in [6, 6.07) is 6.72. The molecule has 1 aromatic rings. The third-order valence-electron chi connectivity index (χ3n) is 2.28. The van der Waals surface area contributed by atoms with Crippen molar-refractivity contribution in [3.05, 3.63) is 35.6 Å². The summed E-state index contributed by atoms with van der Waals surface area (Å²) in [4.78, 5) is 4.00. The van der Waals surface area contributed by atoms with Crippen LogP contribution in [0.3, 0.4) is 0 Å². The van der Waals surface area contributed by atoms with E-state index < -0.39 is 0 Å². The minimum Gasteiger partial charge on any atom is -0.359 e. The standard InChI is InChI=1S/C12H18FN3/c1-14-12(15-2)16-8-4-6-10-5-3-7-11(13)9-10/h3,5,7,9H,4,6,8H2,1-2H3,(H2,14,15,16).